The highest BCUT2D eigenvalue weighted by molar-refractivity contribution is 6.28. The average molecular weight is 241 g/mol. The lowest BCUT2D eigenvalue weighted by atomic mass is 10.2. The third kappa shape index (κ3) is 1.59. The van der Waals surface area contributed by atoms with Gasteiger partial charge in [0.2, 0.25) is 5.28 Å². The fourth-order valence-corrected chi connectivity index (χ4v) is 1.66. The lowest BCUT2D eigenvalue weighted by molar-refractivity contribution is 0.358. The smallest absolute Gasteiger partial charge is 0.259 e. The summed E-state index contributed by atoms with van der Waals surface area (Å²) >= 11 is 5.69. The monoisotopic (exact) mass is 240 g/mol. The molecule has 0 aliphatic carbocycles. The number of aromatic nitrogens is 2. The molecule has 2 rings (SSSR count). The van der Waals surface area contributed by atoms with Crippen molar-refractivity contribution in [1.82, 2.24) is 9.97 Å². The minimum absolute atomic E-state index is 0.0176. The Hall–Kier alpha value is -1.75. The molecule has 0 saturated carbocycles. The molecular weight excluding hydrogens is 232 g/mol. The van der Waals surface area contributed by atoms with Crippen molar-refractivity contribution < 1.29 is 9.47 Å². The summed E-state index contributed by atoms with van der Waals surface area (Å²) in [5.74, 6) is 0.900. The third-order valence-corrected chi connectivity index (χ3v) is 2.37. The standard InChI is InChI=1S/C10H9ClN2O3/c1-15-6-4-3-5-7(8(6)16-2)12-10(11)13-9(5)14/h3-4H,1-2H3,(H,12,13,14). The van der Waals surface area contributed by atoms with E-state index in [4.69, 9.17) is 21.1 Å². The molecule has 0 fully saturated rings. The number of H-pyrrole nitrogens is 1. The fourth-order valence-electron chi connectivity index (χ4n) is 1.49. The molecule has 84 valence electrons. The van der Waals surface area contributed by atoms with Crippen LogP contribution in [0.2, 0.25) is 5.28 Å². The molecule has 2 aromatic rings. The number of nitrogens with one attached hydrogen (secondary N) is 1. The molecule has 1 heterocycles. The second-order valence-corrected chi connectivity index (χ2v) is 3.41. The van der Waals surface area contributed by atoms with Crippen molar-refractivity contribution in [3.05, 3.63) is 27.8 Å². The quantitative estimate of drug-likeness (QED) is 0.810. The summed E-state index contributed by atoms with van der Waals surface area (Å²) in [6.07, 6.45) is 0. The molecule has 0 radical (unpaired) electrons. The number of hydrogen-bond acceptors (Lipinski definition) is 4. The Morgan fingerprint density at radius 3 is 2.69 bits per heavy atom. The fraction of sp³-hybridized carbons (Fsp3) is 0.200. The van der Waals surface area contributed by atoms with E-state index < -0.39 is 0 Å². The molecule has 0 unspecified atom stereocenters. The SMILES string of the molecule is COc1ccc2c(=O)[nH]c(Cl)nc2c1OC. The van der Waals surface area contributed by atoms with Gasteiger partial charge in [-0.1, -0.05) is 0 Å². The van der Waals surface area contributed by atoms with Gasteiger partial charge in [-0.2, -0.15) is 0 Å². The molecule has 0 aliphatic rings. The number of benzene rings is 1. The number of halogens is 1. The number of hydrogen-bond donors (Lipinski definition) is 1. The number of methoxy groups -OCH3 is 2. The van der Waals surface area contributed by atoms with Gasteiger partial charge in [-0.05, 0) is 23.7 Å². The maximum Gasteiger partial charge on any atom is 0.259 e. The van der Waals surface area contributed by atoms with Gasteiger partial charge in [0.1, 0.15) is 5.52 Å². The van der Waals surface area contributed by atoms with E-state index in [0.717, 1.165) is 0 Å². The maximum atomic E-state index is 11.6. The first kappa shape index (κ1) is 10.8. The van der Waals surface area contributed by atoms with E-state index in [0.29, 0.717) is 22.4 Å². The Balaban J connectivity index is 2.91. The zero-order valence-corrected chi connectivity index (χ0v) is 9.46. The molecule has 6 heteroatoms. The summed E-state index contributed by atoms with van der Waals surface area (Å²) in [5.41, 5.74) is 0.0755. The van der Waals surface area contributed by atoms with Gasteiger partial charge in [-0.25, -0.2) is 4.98 Å². The largest absolute Gasteiger partial charge is 0.493 e. The molecule has 16 heavy (non-hydrogen) atoms. The molecule has 0 atom stereocenters. The van der Waals surface area contributed by atoms with E-state index in [1.54, 1.807) is 12.1 Å². The van der Waals surface area contributed by atoms with Crippen molar-refractivity contribution in [2.24, 2.45) is 0 Å². The van der Waals surface area contributed by atoms with Gasteiger partial charge in [0.25, 0.3) is 5.56 Å². The van der Waals surface area contributed by atoms with Gasteiger partial charge in [0, 0.05) is 0 Å². The van der Waals surface area contributed by atoms with E-state index in [1.165, 1.54) is 14.2 Å². The predicted octanol–water partition coefficient (Wildman–Crippen LogP) is 1.59. The molecule has 0 bridgehead atoms. The molecule has 5 nitrogen and oxygen atoms in total. The van der Waals surface area contributed by atoms with Crippen molar-refractivity contribution in [3.63, 3.8) is 0 Å². The summed E-state index contributed by atoms with van der Waals surface area (Å²) in [7, 11) is 2.99. The normalized spacial score (nSPS) is 10.4. The number of fused-ring (bicyclic) bond motifs is 1. The van der Waals surface area contributed by atoms with Crippen molar-refractivity contribution in [2.45, 2.75) is 0 Å². The molecule has 1 aromatic heterocycles. The van der Waals surface area contributed by atoms with Crippen molar-refractivity contribution in [3.8, 4) is 11.5 Å². The molecule has 0 spiro atoms. The van der Waals surface area contributed by atoms with Crippen molar-refractivity contribution in [1.29, 1.82) is 0 Å². The van der Waals surface area contributed by atoms with Crippen LogP contribution in [0.15, 0.2) is 16.9 Å². The Bertz CT molecular complexity index is 594. The highest BCUT2D eigenvalue weighted by Crippen LogP contribution is 2.32. The minimum Gasteiger partial charge on any atom is -0.493 e. The molecule has 0 amide bonds. The second-order valence-electron chi connectivity index (χ2n) is 3.05. The minimum atomic E-state index is -0.309. The summed E-state index contributed by atoms with van der Waals surface area (Å²) in [6.45, 7) is 0. The van der Waals surface area contributed by atoms with Gasteiger partial charge >= 0.3 is 0 Å². The Kier molecular flexibility index (Phi) is 2.70. The maximum absolute atomic E-state index is 11.6. The van der Waals surface area contributed by atoms with Crippen LogP contribution < -0.4 is 15.0 Å². The summed E-state index contributed by atoms with van der Waals surface area (Å²) in [4.78, 5) is 18.0. The van der Waals surface area contributed by atoms with Crippen LogP contribution >= 0.6 is 11.6 Å². The zero-order valence-electron chi connectivity index (χ0n) is 8.70. The van der Waals surface area contributed by atoms with Crippen LogP contribution in [0.4, 0.5) is 0 Å². The highest BCUT2D eigenvalue weighted by atomic mass is 35.5. The van der Waals surface area contributed by atoms with Crippen LogP contribution in [0.3, 0.4) is 0 Å². The van der Waals surface area contributed by atoms with E-state index >= 15 is 0 Å². The number of rotatable bonds is 2. The molecule has 1 N–H and O–H groups in total. The van der Waals surface area contributed by atoms with Gasteiger partial charge in [-0.15, -0.1) is 0 Å². The molecule has 1 aromatic carbocycles. The third-order valence-electron chi connectivity index (χ3n) is 2.19. The van der Waals surface area contributed by atoms with Crippen molar-refractivity contribution in [2.75, 3.05) is 14.2 Å². The number of aromatic amines is 1. The first-order chi connectivity index (χ1) is 7.67. The van der Waals surface area contributed by atoms with E-state index in [1.807, 2.05) is 0 Å². The first-order valence-corrected chi connectivity index (χ1v) is 4.85. The lowest BCUT2D eigenvalue weighted by Crippen LogP contribution is -2.08. The predicted molar refractivity (Wildman–Crippen MR) is 60.5 cm³/mol. The first-order valence-electron chi connectivity index (χ1n) is 4.48. The van der Waals surface area contributed by atoms with Crippen LogP contribution in [0.5, 0.6) is 11.5 Å². The van der Waals surface area contributed by atoms with Gasteiger partial charge in [-0.3, -0.25) is 9.78 Å². The van der Waals surface area contributed by atoms with E-state index in [2.05, 4.69) is 9.97 Å². The molecular formula is C10H9ClN2O3. The summed E-state index contributed by atoms with van der Waals surface area (Å²) < 4.78 is 10.3. The number of nitrogens with zero attached hydrogens (tertiary/aromatic N) is 1. The number of ether oxygens (including phenoxy) is 2. The van der Waals surface area contributed by atoms with E-state index in [-0.39, 0.29) is 10.8 Å². The Labute approximate surface area is 96.0 Å². The van der Waals surface area contributed by atoms with Crippen LogP contribution in [0.1, 0.15) is 0 Å². The van der Waals surface area contributed by atoms with Crippen LogP contribution in [0.25, 0.3) is 10.9 Å². The zero-order chi connectivity index (χ0) is 11.7. The second kappa shape index (κ2) is 4.02. The topological polar surface area (TPSA) is 64.2 Å². The van der Waals surface area contributed by atoms with Gasteiger partial charge < -0.3 is 9.47 Å². The van der Waals surface area contributed by atoms with Crippen LogP contribution in [-0.2, 0) is 0 Å². The van der Waals surface area contributed by atoms with Crippen molar-refractivity contribution >= 4 is 22.5 Å². The van der Waals surface area contributed by atoms with Gasteiger partial charge in [0.15, 0.2) is 11.5 Å². The Morgan fingerprint density at radius 1 is 1.31 bits per heavy atom. The van der Waals surface area contributed by atoms with Crippen LogP contribution in [-0.4, -0.2) is 24.2 Å². The molecule has 0 aliphatic heterocycles. The average Bonchev–Trinajstić information content (AvgIpc) is 2.27. The van der Waals surface area contributed by atoms with E-state index in [9.17, 15) is 4.79 Å². The highest BCUT2D eigenvalue weighted by Gasteiger charge is 2.12. The molecule has 0 saturated heterocycles. The summed E-state index contributed by atoms with van der Waals surface area (Å²) in [5, 5.41) is 0.422. The van der Waals surface area contributed by atoms with Gasteiger partial charge in [0.05, 0.1) is 19.6 Å². The van der Waals surface area contributed by atoms with Crippen LogP contribution in [0, 0.1) is 0 Å². The lowest BCUT2D eigenvalue weighted by Gasteiger charge is -2.09. The summed E-state index contributed by atoms with van der Waals surface area (Å²) in [6, 6.07) is 3.25. The Morgan fingerprint density at radius 2 is 2.06 bits per heavy atom.